The van der Waals surface area contributed by atoms with Crippen molar-refractivity contribution in [2.45, 2.75) is 0 Å². The molecule has 1 aromatic rings. The zero-order chi connectivity index (χ0) is 16.3. The molecule has 0 heterocycles. The molecule has 0 aliphatic carbocycles. The second kappa shape index (κ2) is 10.4. The Bertz CT molecular complexity index is 485. The van der Waals surface area contributed by atoms with Crippen LogP contribution in [0.5, 0.6) is 0 Å². The van der Waals surface area contributed by atoms with E-state index in [0.29, 0.717) is 18.3 Å². The molecule has 0 aliphatic rings. The highest BCUT2D eigenvalue weighted by atomic mass is 16.5. The predicted molar refractivity (Wildman–Crippen MR) is 86.2 cm³/mol. The normalized spacial score (nSPS) is 10.2. The minimum atomic E-state index is -0.149. The fourth-order valence-electron chi connectivity index (χ4n) is 1.49. The van der Waals surface area contributed by atoms with Crippen molar-refractivity contribution in [2.24, 2.45) is 0 Å². The molecule has 0 aliphatic heterocycles. The van der Waals surface area contributed by atoms with Crippen molar-refractivity contribution >= 4 is 30.0 Å². The maximum Gasteiger partial charge on any atom is 0.184 e. The van der Waals surface area contributed by atoms with E-state index in [4.69, 9.17) is 10.5 Å². The number of nitrogen functional groups attached to an aromatic ring is 1. The van der Waals surface area contributed by atoms with Gasteiger partial charge in [0, 0.05) is 31.0 Å². The molecule has 0 amide bonds. The Morgan fingerprint density at radius 3 is 2.43 bits per heavy atom. The van der Waals surface area contributed by atoms with Crippen molar-refractivity contribution in [1.82, 2.24) is 5.32 Å². The van der Waals surface area contributed by atoms with Crippen molar-refractivity contribution in [1.29, 1.82) is 0 Å². The molecule has 0 saturated heterocycles. The predicted octanol–water partition coefficient (Wildman–Crippen LogP) is 0.926. The van der Waals surface area contributed by atoms with E-state index in [1.54, 1.807) is 18.2 Å². The molecule has 0 atom stereocenters. The van der Waals surface area contributed by atoms with Crippen LogP contribution in [-0.4, -0.2) is 47.4 Å². The molecular weight excluding hydrogens is 270 g/mol. The minimum absolute atomic E-state index is 0.0933. The lowest BCUT2D eigenvalue weighted by molar-refractivity contribution is -0.112. The molecule has 0 bridgehead atoms. The summed E-state index contributed by atoms with van der Waals surface area (Å²) in [6, 6.07) is 5.37. The molecular formula is C15H23N3O3. The van der Waals surface area contributed by atoms with E-state index in [1.807, 2.05) is 39.2 Å². The molecule has 21 heavy (non-hydrogen) atoms. The first-order valence-corrected chi connectivity index (χ1v) is 6.38. The number of ether oxygens (including phenoxy) is 1. The number of anilines is 2. The summed E-state index contributed by atoms with van der Waals surface area (Å²) in [6.45, 7) is -0.149. The van der Waals surface area contributed by atoms with Gasteiger partial charge in [-0.1, -0.05) is 0 Å². The second-order valence-corrected chi connectivity index (χ2v) is 4.35. The molecule has 1 rings (SSSR count). The third kappa shape index (κ3) is 7.12. The van der Waals surface area contributed by atoms with Crippen molar-refractivity contribution in [3.63, 3.8) is 0 Å². The van der Waals surface area contributed by atoms with Crippen molar-refractivity contribution < 1.29 is 14.3 Å². The number of allylic oxidation sites excluding steroid dienone is 1. The highest BCUT2D eigenvalue weighted by molar-refractivity contribution is 5.83. The summed E-state index contributed by atoms with van der Waals surface area (Å²) in [7, 11) is 7.52. The summed E-state index contributed by atoms with van der Waals surface area (Å²) >= 11 is 0. The Balaban J connectivity index is 0.00000122. The second-order valence-electron chi connectivity index (χ2n) is 4.35. The van der Waals surface area contributed by atoms with Gasteiger partial charge in [-0.2, -0.15) is 0 Å². The lowest BCUT2D eigenvalue weighted by atomic mass is 10.1. The molecule has 0 radical (unpaired) electrons. The summed E-state index contributed by atoms with van der Waals surface area (Å²) in [5, 5.41) is 2.75. The Morgan fingerprint density at radius 1 is 1.33 bits per heavy atom. The number of carbonyl (C=O) groups is 2. The summed E-state index contributed by atoms with van der Waals surface area (Å²) in [6.07, 6.45) is 2.71. The van der Waals surface area contributed by atoms with Gasteiger partial charge < -0.3 is 20.7 Å². The maximum absolute atomic E-state index is 10.8. The first-order chi connectivity index (χ1) is 9.99. The molecule has 6 nitrogen and oxygen atoms in total. The van der Waals surface area contributed by atoms with Crippen LogP contribution in [0.15, 0.2) is 24.0 Å². The maximum atomic E-state index is 10.8. The molecule has 0 unspecified atom stereocenters. The number of aldehydes is 2. The smallest absolute Gasteiger partial charge is 0.184 e. The molecule has 0 saturated carbocycles. The average Bonchev–Trinajstić information content (AvgIpc) is 2.44. The van der Waals surface area contributed by atoms with Crippen molar-refractivity contribution in [3.8, 4) is 0 Å². The van der Waals surface area contributed by atoms with Gasteiger partial charge in [0.05, 0.1) is 0 Å². The van der Waals surface area contributed by atoms with Crippen LogP contribution < -0.4 is 16.0 Å². The van der Waals surface area contributed by atoms with Gasteiger partial charge in [0.25, 0.3) is 0 Å². The number of hydrogen-bond donors (Lipinski definition) is 2. The number of benzene rings is 1. The lowest BCUT2D eigenvalue weighted by Gasteiger charge is -2.16. The number of rotatable bonds is 6. The van der Waals surface area contributed by atoms with E-state index >= 15 is 0 Å². The first-order valence-electron chi connectivity index (χ1n) is 6.38. The third-order valence-corrected chi connectivity index (χ3v) is 2.27. The van der Waals surface area contributed by atoms with Crippen LogP contribution >= 0.6 is 0 Å². The number of nitrogens with one attached hydrogen (secondary N) is 1. The fourth-order valence-corrected chi connectivity index (χ4v) is 1.49. The van der Waals surface area contributed by atoms with Gasteiger partial charge in [-0.15, -0.1) is 0 Å². The van der Waals surface area contributed by atoms with E-state index in [0.717, 1.165) is 11.3 Å². The molecule has 6 heteroatoms. The summed E-state index contributed by atoms with van der Waals surface area (Å²) in [4.78, 5) is 22.9. The third-order valence-electron chi connectivity index (χ3n) is 2.27. The summed E-state index contributed by atoms with van der Waals surface area (Å²) in [5.41, 5.74) is 7.96. The van der Waals surface area contributed by atoms with Gasteiger partial charge in [0.15, 0.2) is 18.3 Å². The lowest BCUT2D eigenvalue weighted by Crippen LogP contribution is -2.10. The average molecular weight is 293 g/mol. The van der Waals surface area contributed by atoms with Gasteiger partial charge >= 0.3 is 0 Å². The van der Waals surface area contributed by atoms with E-state index in [1.165, 1.54) is 0 Å². The Hall–Kier alpha value is -2.34. The van der Waals surface area contributed by atoms with Crippen LogP contribution in [0.4, 0.5) is 11.4 Å². The molecule has 116 valence electrons. The highest BCUT2D eigenvalue weighted by Crippen LogP contribution is 2.23. The summed E-state index contributed by atoms with van der Waals surface area (Å²) in [5.74, 6) is 0.0933. The Kier molecular flexibility index (Phi) is 9.28. The van der Waals surface area contributed by atoms with Gasteiger partial charge in [-0.25, -0.2) is 0 Å². The zero-order valence-corrected chi connectivity index (χ0v) is 12.9. The van der Waals surface area contributed by atoms with Crippen molar-refractivity contribution in [3.05, 3.63) is 29.5 Å². The van der Waals surface area contributed by atoms with E-state index in [-0.39, 0.29) is 12.4 Å². The number of nitrogens with zero attached hydrogens (tertiary/aromatic N) is 1. The van der Waals surface area contributed by atoms with Crippen LogP contribution in [0.1, 0.15) is 5.56 Å². The highest BCUT2D eigenvalue weighted by Gasteiger charge is 2.05. The van der Waals surface area contributed by atoms with Gasteiger partial charge in [-0.05, 0) is 38.4 Å². The molecule has 0 fully saturated rings. The number of hydrogen-bond acceptors (Lipinski definition) is 6. The quantitative estimate of drug-likeness (QED) is 0.351. The van der Waals surface area contributed by atoms with Crippen LogP contribution in [0.2, 0.25) is 0 Å². The van der Waals surface area contributed by atoms with Crippen LogP contribution in [-0.2, 0) is 14.3 Å². The van der Waals surface area contributed by atoms with E-state index in [2.05, 4.69) is 5.32 Å². The van der Waals surface area contributed by atoms with Crippen LogP contribution in [0, 0.1) is 0 Å². The minimum Gasteiger partial charge on any atom is -0.483 e. The fraction of sp³-hybridized carbons (Fsp3) is 0.333. The molecule has 0 aromatic heterocycles. The first kappa shape index (κ1) is 18.7. The topological polar surface area (TPSA) is 84.7 Å². The monoisotopic (exact) mass is 293 g/mol. The van der Waals surface area contributed by atoms with E-state index in [9.17, 15) is 9.59 Å². The van der Waals surface area contributed by atoms with Crippen LogP contribution in [0.3, 0.4) is 0 Å². The molecule has 3 N–H and O–H groups in total. The zero-order valence-electron chi connectivity index (χ0n) is 12.9. The molecule has 0 spiro atoms. The molecule has 1 aromatic carbocycles. The Labute approximate surface area is 125 Å². The summed E-state index contributed by atoms with van der Waals surface area (Å²) < 4.78 is 4.98. The van der Waals surface area contributed by atoms with E-state index < -0.39 is 0 Å². The van der Waals surface area contributed by atoms with Gasteiger partial charge in [-0.3, -0.25) is 9.59 Å². The standard InChI is InChI=1S/C13H16N2O3.C2H7N/c1-15(2)13-4-3-11(14)7-10(13)8-12(9-17)18-6-5-16;1-3-2/h3-5,7-9H,6,14H2,1-2H3;3H,1-2H3/b12-8+;. The van der Waals surface area contributed by atoms with Crippen molar-refractivity contribution in [2.75, 3.05) is 45.4 Å². The number of nitrogens with two attached hydrogens (primary N) is 1. The van der Waals surface area contributed by atoms with Crippen LogP contribution in [0.25, 0.3) is 6.08 Å². The SMILES string of the molecule is CN(C)c1ccc(N)cc1/C=C(\C=O)OCC=O.CNC. The largest absolute Gasteiger partial charge is 0.483 e. The van der Waals surface area contributed by atoms with Gasteiger partial charge in [0.2, 0.25) is 0 Å². The van der Waals surface area contributed by atoms with Gasteiger partial charge in [0.1, 0.15) is 6.61 Å². The Morgan fingerprint density at radius 2 is 1.95 bits per heavy atom. The number of carbonyl (C=O) groups excluding carboxylic acids is 2.